The Balaban J connectivity index is 1.83. The molecule has 106 valence electrons. The van der Waals surface area contributed by atoms with Crippen LogP contribution in [0.5, 0.6) is 0 Å². The van der Waals surface area contributed by atoms with E-state index in [1.807, 2.05) is 0 Å². The first-order chi connectivity index (χ1) is 9.56. The van der Waals surface area contributed by atoms with Crippen LogP contribution >= 0.6 is 11.3 Å². The topological polar surface area (TPSA) is 111 Å². The monoisotopic (exact) mass is 295 g/mol. The molecule has 9 heteroatoms. The third-order valence-electron chi connectivity index (χ3n) is 2.48. The maximum Gasteiger partial charge on any atom is 0.355 e. The van der Waals surface area contributed by atoms with Crippen LogP contribution in [0.15, 0.2) is 17.8 Å². The fourth-order valence-corrected chi connectivity index (χ4v) is 2.19. The van der Waals surface area contributed by atoms with Crippen molar-refractivity contribution < 1.29 is 14.7 Å². The van der Waals surface area contributed by atoms with Gasteiger partial charge in [-0.3, -0.25) is 5.10 Å². The van der Waals surface area contributed by atoms with Gasteiger partial charge in [0.05, 0.1) is 19.3 Å². The number of carboxylic acid groups (broad SMARTS) is 1. The van der Waals surface area contributed by atoms with Crippen LogP contribution in [0.2, 0.25) is 0 Å². The van der Waals surface area contributed by atoms with E-state index in [-0.39, 0.29) is 18.3 Å². The van der Waals surface area contributed by atoms with Crippen LogP contribution in [0, 0.1) is 0 Å². The maximum absolute atomic E-state index is 11.8. The number of thiazole rings is 1. The number of rotatable bonds is 5. The molecule has 0 saturated heterocycles. The summed E-state index contributed by atoms with van der Waals surface area (Å²) in [4.78, 5) is 27.9. The maximum atomic E-state index is 11.8. The van der Waals surface area contributed by atoms with Gasteiger partial charge < -0.3 is 15.3 Å². The number of aromatic nitrogens is 3. The number of hydrogen-bond donors (Lipinski definition) is 3. The van der Waals surface area contributed by atoms with Gasteiger partial charge in [-0.2, -0.15) is 5.10 Å². The SMILES string of the molecule is CN(Cc1cn[nH]c1)C(=O)NCc1nc(C(=O)O)cs1. The highest BCUT2D eigenvalue weighted by Gasteiger charge is 2.12. The zero-order valence-electron chi connectivity index (χ0n) is 10.7. The van der Waals surface area contributed by atoms with Crippen LogP contribution < -0.4 is 5.32 Å². The Morgan fingerprint density at radius 2 is 2.35 bits per heavy atom. The van der Waals surface area contributed by atoms with Crippen molar-refractivity contribution in [2.24, 2.45) is 0 Å². The quantitative estimate of drug-likeness (QED) is 0.759. The largest absolute Gasteiger partial charge is 0.476 e. The van der Waals surface area contributed by atoms with Crippen LogP contribution in [0.1, 0.15) is 21.1 Å². The van der Waals surface area contributed by atoms with E-state index in [1.54, 1.807) is 19.4 Å². The number of urea groups is 1. The van der Waals surface area contributed by atoms with Crippen LogP contribution in [0.25, 0.3) is 0 Å². The molecule has 8 nitrogen and oxygen atoms in total. The van der Waals surface area contributed by atoms with Gasteiger partial charge >= 0.3 is 12.0 Å². The molecule has 0 bridgehead atoms. The molecule has 0 aromatic carbocycles. The number of aromatic amines is 1. The molecule has 2 amide bonds. The first kappa shape index (κ1) is 14.0. The number of H-pyrrole nitrogens is 1. The fraction of sp³-hybridized carbons (Fsp3) is 0.273. The van der Waals surface area contributed by atoms with Gasteiger partial charge in [-0.15, -0.1) is 11.3 Å². The normalized spacial score (nSPS) is 10.2. The molecule has 3 N–H and O–H groups in total. The highest BCUT2D eigenvalue weighted by molar-refractivity contribution is 7.09. The number of carbonyl (C=O) groups is 2. The minimum Gasteiger partial charge on any atom is -0.476 e. The second kappa shape index (κ2) is 6.15. The number of carbonyl (C=O) groups excluding carboxylic acids is 1. The number of aromatic carboxylic acids is 1. The van der Waals surface area contributed by atoms with E-state index in [2.05, 4.69) is 20.5 Å². The Bertz CT molecular complexity index is 595. The summed E-state index contributed by atoms with van der Waals surface area (Å²) in [6.45, 7) is 0.632. The Hall–Kier alpha value is -2.42. The molecule has 0 aliphatic heterocycles. The summed E-state index contributed by atoms with van der Waals surface area (Å²) in [7, 11) is 1.66. The van der Waals surface area contributed by atoms with E-state index < -0.39 is 5.97 Å². The van der Waals surface area contributed by atoms with Crippen molar-refractivity contribution in [2.75, 3.05) is 7.05 Å². The van der Waals surface area contributed by atoms with E-state index in [0.29, 0.717) is 11.6 Å². The van der Waals surface area contributed by atoms with Crippen molar-refractivity contribution in [1.82, 2.24) is 25.4 Å². The molecule has 0 atom stereocenters. The molecule has 0 saturated carbocycles. The Labute approximate surface area is 118 Å². The summed E-state index contributed by atoms with van der Waals surface area (Å²) in [6, 6.07) is -0.265. The summed E-state index contributed by atoms with van der Waals surface area (Å²) in [5.74, 6) is -1.07. The lowest BCUT2D eigenvalue weighted by molar-refractivity contribution is 0.0691. The summed E-state index contributed by atoms with van der Waals surface area (Å²) in [5, 5.41) is 19.9. The Morgan fingerprint density at radius 1 is 1.55 bits per heavy atom. The molecular weight excluding hydrogens is 282 g/mol. The van der Waals surface area contributed by atoms with E-state index >= 15 is 0 Å². The van der Waals surface area contributed by atoms with E-state index in [1.165, 1.54) is 21.6 Å². The first-order valence-corrected chi connectivity index (χ1v) is 6.58. The number of amides is 2. The van der Waals surface area contributed by atoms with Crippen molar-refractivity contribution in [2.45, 2.75) is 13.1 Å². The van der Waals surface area contributed by atoms with Gasteiger partial charge in [0.2, 0.25) is 0 Å². The molecule has 0 fully saturated rings. The van der Waals surface area contributed by atoms with Crippen LogP contribution in [-0.2, 0) is 13.1 Å². The minimum absolute atomic E-state index is 0.00833. The zero-order valence-corrected chi connectivity index (χ0v) is 11.5. The van der Waals surface area contributed by atoms with Gasteiger partial charge in [-0.25, -0.2) is 14.6 Å². The van der Waals surface area contributed by atoms with Crippen molar-refractivity contribution in [3.63, 3.8) is 0 Å². The summed E-state index contributed by atoms with van der Waals surface area (Å²) in [5.41, 5.74) is 0.885. The molecule has 2 rings (SSSR count). The number of carboxylic acids is 1. The molecule has 2 aromatic heterocycles. The summed E-state index contributed by atoms with van der Waals surface area (Å²) < 4.78 is 0. The first-order valence-electron chi connectivity index (χ1n) is 5.70. The average Bonchev–Trinajstić information content (AvgIpc) is 3.06. The summed E-state index contributed by atoms with van der Waals surface area (Å²) >= 11 is 1.20. The molecule has 0 unspecified atom stereocenters. The second-order valence-corrected chi connectivity index (χ2v) is 5.00. The van der Waals surface area contributed by atoms with Gasteiger partial charge in [-0.1, -0.05) is 0 Å². The molecule has 20 heavy (non-hydrogen) atoms. The average molecular weight is 295 g/mol. The van der Waals surface area contributed by atoms with E-state index in [9.17, 15) is 9.59 Å². The molecule has 0 aliphatic carbocycles. The van der Waals surface area contributed by atoms with Crippen molar-refractivity contribution in [3.05, 3.63) is 34.0 Å². The molecule has 2 aromatic rings. The number of hydrogen-bond acceptors (Lipinski definition) is 5. The molecule has 0 radical (unpaired) electrons. The lowest BCUT2D eigenvalue weighted by Gasteiger charge is -2.16. The van der Waals surface area contributed by atoms with Gasteiger partial charge in [0.15, 0.2) is 5.69 Å². The van der Waals surface area contributed by atoms with Gasteiger partial charge in [-0.05, 0) is 0 Å². The minimum atomic E-state index is -1.07. The molecule has 2 heterocycles. The van der Waals surface area contributed by atoms with Crippen molar-refractivity contribution >= 4 is 23.3 Å². The number of nitrogens with zero attached hydrogens (tertiary/aromatic N) is 3. The van der Waals surface area contributed by atoms with Gasteiger partial charge in [0.1, 0.15) is 5.01 Å². The highest BCUT2D eigenvalue weighted by atomic mass is 32.1. The van der Waals surface area contributed by atoms with Gasteiger partial charge in [0.25, 0.3) is 0 Å². The van der Waals surface area contributed by atoms with Crippen LogP contribution in [0.3, 0.4) is 0 Å². The standard InChI is InChI=1S/C11H13N5O3S/c1-16(5-7-2-13-14-3-7)11(19)12-4-9-15-8(6-20-9)10(17)18/h2-3,6H,4-5H2,1H3,(H,12,19)(H,13,14)(H,17,18). The number of nitrogens with one attached hydrogen (secondary N) is 2. The lowest BCUT2D eigenvalue weighted by atomic mass is 10.3. The zero-order chi connectivity index (χ0) is 14.5. The highest BCUT2D eigenvalue weighted by Crippen LogP contribution is 2.09. The van der Waals surface area contributed by atoms with Crippen molar-refractivity contribution in [3.8, 4) is 0 Å². The van der Waals surface area contributed by atoms with E-state index in [4.69, 9.17) is 5.11 Å². The fourth-order valence-electron chi connectivity index (χ4n) is 1.49. The summed E-state index contributed by atoms with van der Waals surface area (Å²) in [6.07, 6.45) is 3.35. The Morgan fingerprint density at radius 3 is 2.95 bits per heavy atom. The second-order valence-electron chi connectivity index (χ2n) is 4.05. The van der Waals surface area contributed by atoms with Crippen LogP contribution in [-0.4, -0.2) is 44.2 Å². The third-order valence-corrected chi connectivity index (χ3v) is 3.33. The van der Waals surface area contributed by atoms with Crippen LogP contribution in [0.4, 0.5) is 4.79 Å². The predicted molar refractivity (Wildman–Crippen MR) is 71.4 cm³/mol. The lowest BCUT2D eigenvalue weighted by Crippen LogP contribution is -2.36. The van der Waals surface area contributed by atoms with Gasteiger partial charge in [0, 0.05) is 24.2 Å². The molecule has 0 aliphatic rings. The van der Waals surface area contributed by atoms with Crippen molar-refractivity contribution in [1.29, 1.82) is 0 Å². The molecular formula is C11H13N5O3S. The molecule has 0 spiro atoms. The van der Waals surface area contributed by atoms with E-state index in [0.717, 1.165) is 5.56 Å². The predicted octanol–water partition coefficient (Wildman–Crippen LogP) is 0.906. The third kappa shape index (κ3) is 3.54. The Kier molecular flexibility index (Phi) is 4.31. The smallest absolute Gasteiger partial charge is 0.355 e.